The second-order valence-corrected chi connectivity index (χ2v) is 4.28. The molecule has 0 saturated carbocycles. The van der Waals surface area contributed by atoms with E-state index in [0.29, 0.717) is 12.2 Å². The van der Waals surface area contributed by atoms with Crippen LogP contribution in [-0.2, 0) is 0 Å². The van der Waals surface area contributed by atoms with E-state index in [1.807, 2.05) is 38.1 Å². The summed E-state index contributed by atoms with van der Waals surface area (Å²) >= 11 is 0. The molecule has 0 atom stereocenters. The molecule has 19 heavy (non-hydrogen) atoms. The van der Waals surface area contributed by atoms with Gasteiger partial charge in [0, 0.05) is 11.3 Å². The first-order valence-corrected chi connectivity index (χ1v) is 6.30. The van der Waals surface area contributed by atoms with Crippen molar-refractivity contribution in [3.05, 3.63) is 59.7 Å². The number of hydrogen-bond donors (Lipinski definition) is 1. The van der Waals surface area contributed by atoms with E-state index in [4.69, 9.17) is 4.74 Å². The van der Waals surface area contributed by atoms with Crippen molar-refractivity contribution in [3.8, 4) is 5.75 Å². The lowest BCUT2D eigenvalue weighted by Crippen LogP contribution is -2.11. The Morgan fingerprint density at radius 3 is 2.26 bits per heavy atom. The Morgan fingerprint density at radius 2 is 1.68 bits per heavy atom. The maximum atomic E-state index is 12.0. The quantitative estimate of drug-likeness (QED) is 0.905. The molecule has 0 unspecified atom stereocenters. The van der Waals surface area contributed by atoms with Crippen LogP contribution in [0.3, 0.4) is 0 Å². The number of hydrogen-bond acceptors (Lipinski definition) is 2. The Balaban J connectivity index is 2.05. The highest BCUT2D eigenvalue weighted by molar-refractivity contribution is 6.04. The zero-order valence-corrected chi connectivity index (χ0v) is 11.1. The van der Waals surface area contributed by atoms with E-state index >= 15 is 0 Å². The third kappa shape index (κ3) is 3.58. The van der Waals surface area contributed by atoms with Crippen molar-refractivity contribution >= 4 is 11.6 Å². The fourth-order valence-corrected chi connectivity index (χ4v) is 1.71. The molecule has 98 valence electrons. The van der Waals surface area contributed by atoms with Crippen LogP contribution < -0.4 is 10.1 Å². The molecule has 2 rings (SSSR count). The number of ether oxygens (including phenoxy) is 1. The highest BCUT2D eigenvalue weighted by Gasteiger charge is 2.05. The zero-order valence-electron chi connectivity index (χ0n) is 11.1. The minimum atomic E-state index is -0.119. The van der Waals surface area contributed by atoms with Crippen LogP contribution in [0.25, 0.3) is 0 Å². The molecule has 1 amide bonds. The third-order valence-electron chi connectivity index (χ3n) is 2.74. The van der Waals surface area contributed by atoms with Crippen LogP contribution >= 0.6 is 0 Å². The van der Waals surface area contributed by atoms with E-state index in [1.165, 1.54) is 5.56 Å². The molecule has 0 radical (unpaired) electrons. The van der Waals surface area contributed by atoms with E-state index in [0.717, 1.165) is 11.4 Å². The number of carbonyl (C=O) groups excluding carboxylic acids is 1. The summed E-state index contributed by atoms with van der Waals surface area (Å²) in [6.45, 7) is 4.56. The summed E-state index contributed by atoms with van der Waals surface area (Å²) in [7, 11) is 0. The summed E-state index contributed by atoms with van der Waals surface area (Å²) in [5.41, 5.74) is 2.58. The van der Waals surface area contributed by atoms with Crippen LogP contribution in [0.2, 0.25) is 0 Å². The summed E-state index contributed by atoms with van der Waals surface area (Å²) in [4.78, 5) is 12.0. The largest absolute Gasteiger partial charge is 0.494 e. The van der Waals surface area contributed by atoms with Crippen LogP contribution in [0.15, 0.2) is 48.5 Å². The minimum absolute atomic E-state index is 0.119. The monoisotopic (exact) mass is 255 g/mol. The number of carbonyl (C=O) groups is 1. The summed E-state index contributed by atoms with van der Waals surface area (Å²) < 4.78 is 5.34. The maximum absolute atomic E-state index is 12.0. The fraction of sp³-hybridized carbons (Fsp3) is 0.188. The van der Waals surface area contributed by atoms with Crippen LogP contribution in [-0.4, -0.2) is 12.5 Å². The Hall–Kier alpha value is -2.29. The van der Waals surface area contributed by atoms with Gasteiger partial charge in [-0.15, -0.1) is 0 Å². The molecule has 3 heteroatoms. The van der Waals surface area contributed by atoms with Crippen molar-refractivity contribution in [2.75, 3.05) is 11.9 Å². The zero-order chi connectivity index (χ0) is 13.7. The SMILES string of the molecule is CCOc1ccc(C(=O)Nc2ccc(C)cc2)cc1. The average Bonchev–Trinajstić information content (AvgIpc) is 2.42. The van der Waals surface area contributed by atoms with E-state index in [2.05, 4.69) is 5.32 Å². The second-order valence-electron chi connectivity index (χ2n) is 4.28. The van der Waals surface area contributed by atoms with Gasteiger partial charge in [0.15, 0.2) is 0 Å². The van der Waals surface area contributed by atoms with Crippen LogP contribution in [0.5, 0.6) is 5.75 Å². The van der Waals surface area contributed by atoms with Gasteiger partial charge in [-0.2, -0.15) is 0 Å². The normalized spacial score (nSPS) is 10.0. The van der Waals surface area contributed by atoms with Gasteiger partial charge in [-0.1, -0.05) is 17.7 Å². The smallest absolute Gasteiger partial charge is 0.255 e. The number of amides is 1. The van der Waals surface area contributed by atoms with Gasteiger partial charge >= 0.3 is 0 Å². The standard InChI is InChI=1S/C16H17NO2/c1-3-19-15-10-6-13(7-11-15)16(18)17-14-8-4-12(2)5-9-14/h4-11H,3H2,1-2H3,(H,17,18). The van der Waals surface area contributed by atoms with Crippen LogP contribution in [0.1, 0.15) is 22.8 Å². The molecule has 2 aromatic carbocycles. The molecule has 0 aliphatic carbocycles. The van der Waals surface area contributed by atoms with Gasteiger partial charge in [-0.05, 0) is 50.2 Å². The Bertz CT molecular complexity index is 544. The van der Waals surface area contributed by atoms with Crippen LogP contribution in [0, 0.1) is 6.92 Å². The molecular weight excluding hydrogens is 238 g/mol. The number of nitrogens with one attached hydrogen (secondary N) is 1. The lowest BCUT2D eigenvalue weighted by atomic mass is 10.2. The lowest BCUT2D eigenvalue weighted by Gasteiger charge is -2.07. The molecule has 2 aromatic rings. The summed E-state index contributed by atoms with van der Waals surface area (Å²) in [6.07, 6.45) is 0. The van der Waals surface area contributed by atoms with Crippen molar-refractivity contribution in [2.24, 2.45) is 0 Å². The molecule has 0 fully saturated rings. The molecule has 0 aromatic heterocycles. The van der Waals surface area contributed by atoms with Crippen molar-refractivity contribution in [2.45, 2.75) is 13.8 Å². The number of benzene rings is 2. The number of rotatable bonds is 4. The van der Waals surface area contributed by atoms with Gasteiger partial charge in [0.2, 0.25) is 0 Å². The molecule has 0 aliphatic heterocycles. The van der Waals surface area contributed by atoms with E-state index in [1.54, 1.807) is 24.3 Å². The van der Waals surface area contributed by atoms with Gasteiger partial charge < -0.3 is 10.1 Å². The number of aryl methyl sites for hydroxylation is 1. The fourth-order valence-electron chi connectivity index (χ4n) is 1.71. The number of anilines is 1. The van der Waals surface area contributed by atoms with Crippen molar-refractivity contribution in [1.29, 1.82) is 0 Å². The summed E-state index contributed by atoms with van der Waals surface area (Å²) in [5.74, 6) is 0.654. The van der Waals surface area contributed by atoms with E-state index in [9.17, 15) is 4.79 Å². The lowest BCUT2D eigenvalue weighted by molar-refractivity contribution is 0.102. The summed E-state index contributed by atoms with van der Waals surface area (Å²) in [6, 6.07) is 14.8. The molecule has 0 spiro atoms. The first-order chi connectivity index (χ1) is 9.19. The highest BCUT2D eigenvalue weighted by Crippen LogP contribution is 2.14. The molecule has 0 saturated heterocycles. The maximum Gasteiger partial charge on any atom is 0.255 e. The van der Waals surface area contributed by atoms with Crippen molar-refractivity contribution in [1.82, 2.24) is 0 Å². The highest BCUT2D eigenvalue weighted by atomic mass is 16.5. The molecule has 3 nitrogen and oxygen atoms in total. The molecule has 0 heterocycles. The molecule has 1 N–H and O–H groups in total. The summed E-state index contributed by atoms with van der Waals surface area (Å²) in [5, 5.41) is 2.86. The predicted octanol–water partition coefficient (Wildman–Crippen LogP) is 3.65. The van der Waals surface area contributed by atoms with E-state index < -0.39 is 0 Å². The molecule has 0 aliphatic rings. The first-order valence-electron chi connectivity index (χ1n) is 6.30. The molecular formula is C16H17NO2. The Labute approximate surface area is 113 Å². The average molecular weight is 255 g/mol. The topological polar surface area (TPSA) is 38.3 Å². The molecule has 0 bridgehead atoms. The second kappa shape index (κ2) is 6.05. The predicted molar refractivity (Wildman–Crippen MR) is 76.7 cm³/mol. The van der Waals surface area contributed by atoms with Gasteiger partial charge in [0.25, 0.3) is 5.91 Å². The van der Waals surface area contributed by atoms with Gasteiger partial charge in [-0.25, -0.2) is 0 Å². The first kappa shape index (κ1) is 13.1. The Kier molecular flexibility index (Phi) is 4.18. The minimum Gasteiger partial charge on any atom is -0.494 e. The van der Waals surface area contributed by atoms with E-state index in [-0.39, 0.29) is 5.91 Å². The Morgan fingerprint density at radius 1 is 1.05 bits per heavy atom. The van der Waals surface area contributed by atoms with Crippen LogP contribution in [0.4, 0.5) is 5.69 Å². The third-order valence-corrected chi connectivity index (χ3v) is 2.74. The van der Waals surface area contributed by atoms with Crippen molar-refractivity contribution in [3.63, 3.8) is 0 Å². The van der Waals surface area contributed by atoms with Gasteiger partial charge in [-0.3, -0.25) is 4.79 Å². The van der Waals surface area contributed by atoms with Crippen molar-refractivity contribution < 1.29 is 9.53 Å². The van der Waals surface area contributed by atoms with Gasteiger partial charge in [0.1, 0.15) is 5.75 Å². The van der Waals surface area contributed by atoms with Gasteiger partial charge in [0.05, 0.1) is 6.61 Å².